The van der Waals surface area contributed by atoms with Crippen LogP contribution in [-0.2, 0) is 14.3 Å². The molecule has 1 aromatic heterocycles. The first-order valence-corrected chi connectivity index (χ1v) is 7.98. The van der Waals surface area contributed by atoms with Gasteiger partial charge in [0.15, 0.2) is 0 Å². The van der Waals surface area contributed by atoms with Crippen LogP contribution in [-0.4, -0.2) is 35.8 Å². The van der Waals surface area contributed by atoms with E-state index in [4.69, 9.17) is 9.15 Å². The van der Waals surface area contributed by atoms with Gasteiger partial charge in [-0.1, -0.05) is 30.3 Å². The number of aryl methyl sites for hydroxylation is 1. The number of carbonyl (C=O) groups is 2. The lowest BCUT2D eigenvalue weighted by Gasteiger charge is -2.17. The molecule has 3 rings (SSSR count). The van der Waals surface area contributed by atoms with Crippen LogP contribution in [0.4, 0.5) is 0 Å². The van der Waals surface area contributed by atoms with Crippen LogP contribution in [0.1, 0.15) is 24.0 Å². The first kappa shape index (κ1) is 16.7. The molecule has 0 saturated carbocycles. The number of ether oxygens (including phenoxy) is 1. The second kappa shape index (κ2) is 7.17. The summed E-state index contributed by atoms with van der Waals surface area (Å²) in [5.74, 6) is 0.867. The third-order valence-corrected chi connectivity index (χ3v) is 3.61. The summed E-state index contributed by atoms with van der Waals surface area (Å²) in [4.78, 5) is 30.4. The van der Waals surface area contributed by atoms with E-state index in [1.54, 1.807) is 19.1 Å². The largest absolute Gasteiger partial charge is 0.465 e. The number of esters is 1. The van der Waals surface area contributed by atoms with Gasteiger partial charge in [-0.3, -0.25) is 14.5 Å². The average Bonchev–Trinajstić information content (AvgIpc) is 3.14. The van der Waals surface area contributed by atoms with Crippen LogP contribution in [0.25, 0.3) is 6.08 Å². The molecule has 1 aliphatic rings. The maximum absolute atomic E-state index is 12.7. The third-order valence-electron chi connectivity index (χ3n) is 3.61. The molecule has 0 aliphatic carbocycles. The molecule has 1 amide bonds. The topological polar surface area (TPSA) is 72.1 Å². The fourth-order valence-corrected chi connectivity index (χ4v) is 2.51. The molecule has 2 aromatic rings. The number of hydrogen-bond donors (Lipinski definition) is 0. The Morgan fingerprint density at radius 1 is 1.24 bits per heavy atom. The molecule has 0 saturated heterocycles. The molecular formula is C19H18N2O4. The van der Waals surface area contributed by atoms with Crippen molar-refractivity contribution in [1.29, 1.82) is 0 Å². The van der Waals surface area contributed by atoms with Gasteiger partial charge in [0, 0.05) is 11.6 Å². The standard InChI is InChI=1S/C19H18N2O4/c1-3-24-17(22)12-21-18(14-7-5-4-6-8-14)20-16(19(21)23)11-15-10-9-13(2)25-15/h4-11H,3,12H2,1-2H3/b16-11+. The van der Waals surface area contributed by atoms with Crippen molar-refractivity contribution in [3.8, 4) is 0 Å². The van der Waals surface area contributed by atoms with Gasteiger partial charge in [-0.05, 0) is 26.0 Å². The Morgan fingerprint density at radius 3 is 2.64 bits per heavy atom. The van der Waals surface area contributed by atoms with Crippen molar-refractivity contribution in [2.75, 3.05) is 13.2 Å². The van der Waals surface area contributed by atoms with Crippen molar-refractivity contribution in [1.82, 2.24) is 4.90 Å². The van der Waals surface area contributed by atoms with Gasteiger partial charge in [0.2, 0.25) is 0 Å². The molecular weight excluding hydrogens is 320 g/mol. The Bertz CT molecular complexity index is 849. The van der Waals surface area contributed by atoms with Crippen molar-refractivity contribution >= 4 is 23.8 Å². The minimum absolute atomic E-state index is 0.186. The number of benzene rings is 1. The van der Waals surface area contributed by atoms with E-state index in [1.165, 1.54) is 4.90 Å². The number of rotatable bonds is 5. The molecule has 128 valence electrons. The van der Waals surface area contributed by atoms with Crippen LogP contribution >= 0.6 is 0 Å². The van der Waals surface area contributed by atoms with E-state index < -0.39 is 5.97 Å². The number of furan rings is 1. The maximum atomic E-state index is 12.7. The molecule has 0 spiro atoms. The highest BCUT2D eigenvalue weighted by molar-refractivity contribution is 6.20. The number of hydrogen-bond acceptors (Lipinski definition) is 5. The number of carbonyl (C=O) groups excluding carboxylic acids is 2. The van der Waals surface area contributed by atoms with Crippen molar-refractivity contribution in [3.05, 3.63) is 65.2 Å². The highest BCUT2D eigenvalue weighted by Crippen LogP contribution is 2.22. The zero-order chi connectivity index (χ0) is 17.8. The summed E-state index contributed by atoms with van der Waals surface area (Å²) in [6, 6.07) is 12.8. The third kappa shape index (κ3) is 3.68. The highest BCUT2D eigenvalue weighted by Gasteiger charge is 2.33. The minimum Gasteiger partial charge on any atom is -0.465 e. The van der Waals surface area contributed by atoms with Gasteiger partial charge in [0.1, 0.15) is 29.6 Å². The van der Waals surface area contributed by atoms with Gasteiger partial charge < -0.3 is 9.15 Å². The van der Waals surface area contributed by atoms with E-state index in [2.05, 4.69) is 4.99 Å². The summed E-state index contributed by atoms with van der Waals surface area (Å²) in [5, 5.41) is 0. The predicted molar refractivity (Wildman–Crippen MR) is 92.7 cm³/mol. The lowest BCUT2D eigenvalue weighted by molar-refractivity contribution is -0.145. The molecule has 2 heterocycles. The van der Waals surface area contributed by atoms with Gasteiger partial charge in [0.05, 0.1) is 6.61 Å². The van der Waals surface area contributed by atoms with E-state index >= 15 is 0 Å². The Balaban J connectivity index is 1.96. The first-order valence-electron chi connectivity index (χ1n) is 7.98. The zero-order valence-corrected chi connectivity index (χ0v) is 14.1. The number of amidine groups is 1. The van der Waals surface area contributed by atoms with Crippen LogP contribution in [0.2, 0.25) is 0 Å². The highest BCUT2D eigenvalue weighted by atomic mass is 16.5. The molecule has 0 bridgehead atoms. The molecule has 6 heteroatoms. The molecule has 1 aliphatic heterocycles. The van der Waals surface area contributed by atoms with Gasteiger partial charge in [-0.15, -0.1) is 0 Å². The van der Waals surface area contributed by atoms with E-state index in [-0.39, 0.29) is 24.8 Å². The van der Waals surface area contributed by atoms with E-state index in [9.17, 15) is 9.59 Å². The summed E-state index contributed by atoms with van der Waals surface area (Å²) in [6.07, 6.45) is 1.57. The molecule has 0 N–H and O–H groups in total. The second-order valence-corrected chi connectivity index (χ2v) is 5.48. The molecule has 0 fully saturated rings. The van der Waals surface area contributed by atoms with E-state index in [0.717, 1.165) is 11.3 Å². The summed E-state index contributed by atoms with van der Waals surface area (Å²) >= 11 is 0. The lowest BCUT2D eigenvalue weighted by atomic mass is 10.2. The van der Waals surface area contributed by atoms with E-state index in [0.29, 0.717) is 11.6 Å². The molecule has 0 radical (unpaired) electrons. The van der Waals surface area contributed by atoms with Crippen molar-refractivity contribution in [2.24, 2.45) is 4.99 Å². The number of amides is 1. The van der Waals surface area contributed by atoms with Crippen LogP contribution < -0.4 is 0 Å². The fraction of sp³-hybridized carbons (Fsp3) is 0.211. The Morgan fingerprint density at radius 2 is 2.00 bits per heavy atom. The fourth-order valence-electron chi connectivity index (χ4n) is 2.51. The number of nitrogens with zero attached hydrogens (tertiary/aromatic N) is 2. The summed E-state index contributed by atoms with van der Waals surface area (Å²) in [6.45, 7) is 3.62. The zero-order valence-electron chi connectivity index (χ0n) is 14.1. The van der Waals surface area contributed by atoms with Crippen LogP contribution in [0.3, 0.4) is 0 Å². The van der Waals surface area contributed by atoms with Crippen LogP contribution in [0, 0.1) is 6.92 Å². The van der Waals surface area contributed by atoms with Gasteiger partial charge in [0.25, 0.3) is 5.91 Å². The molecule has 1 aromatic carbocycles. The summed E-state index contributed by atoms with van der Waals surface area (Å²) < 4.78 is 10.4. The van der Waals surface area contributed by atoms with Crippen LogP contribution in [0.15, 0.2) is 57.6 Å². The van der Waals surface area contributed by atoms with Gasteiger partial charge in [-0.2, -0.15) is 0 Å². The van der Waals surface area contributed by atoms with Crippen molar-refractivity contribution in [3.63, 3.8) is 0 Å². The normalized spacial score (nSPS) is 15.6. The van der Waals surface area contributed by atoms with Crippen LogP contribution in [0.5, 0.6) is 0 Å². The summed E-state index contributed by atoms with van der Waals surface area (Å²) in [5.41, 5.74) is 0.969. The quantitative estimate of drug-likeness (QED) is 0.621. The van der Waals surface area contributed by atoms with Crippen molar-refractivity contribution in [2.45, 2.75) is 13.8 Å². The number of aliphatic imine (C=N–C) groups is 1. The van der Waals surface area contributed by atoms with E-state index in [1.807, 2.05) is 43.3 Å². The van der Waals surface area contributed by atoms with Crippen molar-refractivity contribution < 1.29 is 18.7 Å². The molecule has 0 atom stereocenters. The first-order chi connectivity index (χ1) is 12.1. The van der Waals surface area contributed by atoms with Gasteiger partial charge >= 0.3 is 5.97 Å². The Hall–Kier alpha value is -3.15. The van der Waals surface area contributed by atoms with Gasteiger partial charge in [-0.25, -0.2) is 4.99 Å². The Labute approximate surface area is 145 Å². The molecule has 25 heavy (non-hydrogen) atoms. The SMILES string of the molecule is CCOC(=O)CN1C(=O)/C(=C\c2ccc(C)o2)N=C1c1ccccc1. The Kier molecular flexibility index (Phi) is 4.79. The monoisotopic (exact) mass is 338 g/mol. The molecule has 6 nitrogen and oxygen atoms in total. The second-order valence-electron chi connectivity index (χ2n) is 5.48. The average molecular weight is 338 g/mol. The molecule has 0 unspecified atom stereocenters. The minimum atomic E-state index is -0.477. The maximum Gasteiger partial charge on any atom is 0.326 e. The smallest absolute Gasteiger partial charge is 0.326 e. The lowest BCUT2D eigenvalue weighted by Crippen LogP contribution is -2.37. The predicted octanol–water partition coefficient (Wildman–Crippen LogP) is 2.78. The summed E-state index contributed by atoms with van der Waals surface area (Å²) in [7, 11) is 0.